The maximum Gasteiger partial charge on any atom is 0.0745 e. The van der Waals surface area contributed by atoms with E-state index in [-0.39, 0.29) is 0 Å². The van der Waals surface area contributed by atoms with Crippen LogP contribution < -0.4 is 0 Å². The molecule has 0 radical (unpaired) electrons. The van der Waals surface area contributed by atoms with Gasteiger partial charge in [0.05, 0.1) is 16.4 Å². The third-order valence-corrected chi connectivity index (χ3v) is 13.2. The average molecular weight is 698 g/mol. The summed E-state index contributed by atoms with van der Waals surface area (Å²) in [6.07, 6.45) is 0. The van der Waals surface area contributed by atoms with E-state index < -0.39 is 5.41 Å². The van der Waals surface area contributed by atoms with Gasteiger partial charge in [0.25, 0.3) is 0 Å². The van der Waals surface area contributed by atoms with Gasteiger partial charge < -0.3 is 4.57 Å². The van der Waals surface area contributed by atoms with Crippen LogP contribution in [-0.2, 0) is 5.41 Å². The van der Waals surface area contributed by atoms with Crippen LogP contribution in [0.5, 0.6) is 0 Å². The number of fused-ring (bicyclic) bond motifs is 11. The predicted molar refractivity (Wildman–Crippen MR) is 218 cm³/mol. The van der Waals surface area contributed by atoms with Crippen molar-refractivity contribution in [1.82, 2.24) is 4.57 Å². The lowest BCUT2D eigenvalue weighted by Crippen LogP contribution is -2.36. The van der Waals surface area contributed by atoms with Crippen LogP contribution in [0.3, 0.4) is 0 Å². The standard InChI is InChI=1S/C49H31NS2/c1-3-13-32(14-4-1)34-24-27-47-41(30-34)49(39-18-8-11-21-45(39)51-46-22-12-9-19-40(46)49)42-31-35(25-28-48(42)52-47)33-23-26-44-38(29-33)37-17-7-10-20-43(37)50(44)36-15-5-2-6-16-36/h1-31H. The normalized spacial score (nSPS) is 13.8. The Morgan fingerprint density at radius 3 is 1.48 bits per heavy atom. The SMILES string of the molecule is c1ccc(-c2ccc3c(c2)C2(c4ccccc4Sc4ccccc42)c2cc(-c4ccc5c(c4)c4ccccc4n5-c4ccccc4)ccc2S3)cc1. The number of hydrogen-bond donors (Lipinski definition) is 0. The van der Waals surface area contributed by atoms with Crippen LogP contribution in [-0.4, -0.2) is 4.57 Å². The molecule has 0 fully saturated rings. The Morgan fingerprint density at radius 2 is 0.808 bits per heavy atom. The van der Waals surface area contributed by atoms with E-state index in [1.165, 1.54) is 91.6 Å². The Kier molecular flexibility index (Phi) is 6.70. The maximum absolute atomic E-state index is 2.50. The van der Waals surface area contributed by atoms with Crippen LogP contribution in [0.25, 0.3) is 49.7 Å². The summed E-state index contributed by atoms with van der Waals surface area (Å²) in [5, 5.41) is 2.53. The molecule has 0 amide bonds. The summed E-state index contributed by atoms with van der Waals surface area (Å²) < 4.78 is 2.39. The van der Waals surface area contributed by atoms with Crippen LogP contribution in [0.2, 0.25) is 0 Å². The summed E-state index contributed by atoms with van der Waals surface area (Å²) in [4.78, 5) is 5.25. The molecule has 3 heterocycles. The second-order valence-electron chi connectivity index (χ2n) is 13.7. The third kappa shape index (κ3) is 4.33. The lowest BCUT2D eigenvalue weighted by atomic mass is 9.64. The molecule has 1 nitrogen and oxygen atoms in total. The summed E-state index contributed by atoms with van der Waals surface area (Å²) in [6, 6.07) is 69.8. The van der Waals surface area contributed by atoms with E-state index in [9.17, 15) is 0 Å². The third-order valence-electron chi connectivity index (χ3n) is 10.9. The fraction of sp³-hybridized carbons (Fsp3) is 0.0204. The highest BCUT2D eigenvalue weighted by Gasteiger charge is 2.49. The molecule has 3 heteroatoms. The molecule has 0 saturated heterocycles. The van der Waals surface area contributed by atoms with Crippen molar-refractivity contribution in [2.75, 3.05) is 0 Å². The first kappa shape index (κ1) is 29.9. The molecule has 0 atom stereocenters. The van der Waals surface area contributed by atoms with Crippen molar-refractivity contribution in [3.63, 3.8) is 0 Å². The zero-order valence-corrected chi connectivity index (χ0v) is 29.8. The number of nitrogens with zero attached hydrogens (tertiary/aromatic N) is 1. The molecule has 0 unspecified atom stereocenters. The van der Waals surface area contributed by atoms with Gasteiger partial charge in [-0.15, -0.1) is 0 Å². The molecule has 0 aliphatic carbocycles. The highest BCUT2D eigenvalue weighted by Crippen LogP contribution is 2.62. The highest BCUT2D eigenvalue weighted by atomic mass is 32.2. The van der Waals surface area contributed by atoms with E-state index in [2.05, 4.69) is 193 Å². The Hall–Kier alpha value is -5.74. The molecule has 1 aromatic heterocycles. The van der Waals surface area contributed by atoms with Crippen molar-refractivity contribution in [2.24, 2.45) is 0 Å². The number of hydrogen-bond acceptors (Lipinski definition) is 2. The Balaban J connectivity index is 1.18. The zero-order chi connectivity index (χ0) is 34.2. The number of benzene rings is 8. The van der Waals surface area contributed by atoms with Gasteiger partial charge in [-0.1, -0.05) is 145 Å². The van der Waals surface area contributed by atoms with Crippen molar-refractivity contribution in [2.45, 2.75) is 25.0 Å². The van der Waals surface area contributed by atoms with Crippen LogP contribution in [0.15, 0.2) is 208 Å². The quantitative estimate of drug-likeness (QED) is 0.181. The van der Waals surface area contributed by atoms with Crippen LogP contribution in [0.1, 0.15) is 22.3 Å². The van der Waals surface area contributed by atoms with Gasteiger partial charge in [0, 0.05) is 36.0 Å². The number of aromatic nitrogens is 1. The second kappa shape index (κ2) is 11.6. The van der Waals surface area contributed by atoms with E-state index in [1.807, 2.05) is 23.5 Å². The fourth-order valence-corrected chi connectivity index (χ4v) is 11.0. The predicted octanol–water partition coefficient (Wildman–Crippen LogP) is 13.4. The molecule has 244 valence electrons. The Morgan fingerprint density at radius 1 is 0.327 bits per heavy atom. The van der Waals surface area contributed by atoms with Gasteiger partial charge in [-0.2, -0.15) is 0 Å². The molecular weight excluding hydrogens is 667 g/mol. The zero-order valence-electron chi connectivity index (χ0n) is 28.2. The Labute approximate surface area is 311 Å². The van der Waals surface area contributed by atoms with Gasteiger partial charge in [-0.05, 0) is 111 Å². The Bertz CT molecular complexity index is 2810. The number of rotatable bonds is 3. The lowest BCUT2D eigenvalue weighted by Gasteiger charge is -2.46. The minimum Gasteiger partial charge on any atom is -0.309 e. The van der Waals surface area contributed by atoms with Gasteiger partial charge in [0.15, 0.2) is 0 Å². The molecule has 9 aromatic rings. The summed E-state index contributed by atoms with van der Waals surface area (Å²) in [6.45, 7) is 0. The van der Waals surface area contributed by atoms with E-state index in [0.717, 1.165) is 0 Å². The van der Waals surface area contributed by atoms with E-state index in [4.69, 9.17) is 0 Å². The second-order valence-corrected chi connectivity index (χ2v) is 15.8. The van der Waals surface area contributed by atoms with Gasteiger partial charge in [-0.25, -0.2) is 0 Å². The smallest absolute Gasteiger partial charge is 0.0745 e. The molecular formula is C49H31NS2. The minimum absolute atomic E-state index is 0.484. The summed E-state index contributed by atoms with van der Waals surface area (Å²) >= 11 is 3.80. The largest absolute Gasteiger partial charge is 0.309 e. The van der Waals surface area contributed by atoms with Crippen LogP contribution in [0.4, 0.5) is 0 Å². The van der Waals surface area contributed by atoms with Crippen molar-refractivity contribution in [3.05, 3.63) is 210 Å². The first-order valence-corrected chi connectivity index (χ1v) is 19.4. The minimum atomic E-state index is -0.484. The van der Waals surface area contributed by atoms with Crippen molar-refractivity contribution in [1.29, 1.82) is 0 Å². The first-order valence-electron chi connectivity index (χ1n) is 17.8. The summed E-state index contributed by atoms with van der Waals surface area (Å²) in [7, 11) is 0. The summed E-state index contributed by atoms with van der Waals surface area (Å²) in [5.41, 5.74) is 13.5. The molecule has 0 bridgehead atoms. The molecule has 2 aliphatic heterocycles. The van der Waals surface area contributed by atoms with E-state index >= 15 is 0 Å². The summed E-state index contributed by atoms with van der Waals surface area (Å²) in [5.74, 6) is 0. The monoisotopic (exact) mass is 697 g/mol. The van der Waals surface area contributed by atoms with Gasteiger partial charge in [0.2, 0.25) is 0 Å². The van der Waals surface area contributed by atoms with Gasteiger partial charge >= 0.3 is 0 Å². The van der Waals surface area contributed by atoms with Crippen molar-refractivity contribution in [3.8, 4) is 27.9 Å². The molecule has 2 aliphatic rings. The molecule has 52 heavy (non-hydrogen) atoms. The van der Waals surface area contributed by atoms with Crippen LogP contribution in [0, 0.1) is 0 Å². The van der Waals surface area contributed by atoms with Gasteiger partial charge in [-0.3, -0.25) is 0 Å². The molecule has 1 spiro atoms. The molecule has 0 saturated carbocycles. The van der Waals surface area contributed by atoms with E-state index in [0.29, 0.717) is 0 Å². The topological polar surface area (TPSA) is 4.93 Å². The first-order chi connectivity index (χ1) is 25.8. The fourth-order valence-electron chi connectivity index (χ4n) is 8.66. The molecule has 0 N–H and O–H groups in total. The van der Waals surface area contributed by atoms with Gasteiger partial charge in [0.1, 0.15) is 0 Å². The average Bonchev–Trinajstić information content (AvgIpc) is 3.55. The maximum atomic E-state index is 2.50. The highest BCUT2D eigenvalue weighted by molar-refractivity contribution is 8.00. The number of para-hydroxylation sites is 2. The van der Waals surface area contributed by atoms with Crippen LogP contribution >= 0.6 is 23.5 Å². The molecule has 8 aromatic carbocycles. The lowest BCUT2D eigenvalue weighted by molar-refractivity contribution is 0.668. The van der Waals surface area contributed by atoms with E-state index in [1.54, 1.807) is 0 Å². The van der Waals surface area contributed by atoms with Crippen molar-refractivity contribution >= 4 is 45.3 Å². The molecule has 11 rings (SSSR count). The van der Waals surface area contributed by atoms with Crippen molar-refractivity contribution < 1.29 is 0 Å².